The summed E-state index contributed by atoms with van der Waals surface area (Å²) in [6, 6.07) is 7.48. The minimum absolute atomic E-state index is 0.0494. The third kappa shape index (κ3) is 4.24. The number of nitrogens with one attached hydrogen (secondary N) is 1. The van der Waals surface area contributed by atoms with Crippen molar-refractivity contribution < 1.29 is 27.1 Å². The van der Waals surface area contributed by atoms with Crippen LogP contribution >= 0.6 is 0 Å². The van der Waals surface area contributed by atoms with Crippen LogP contribution in [0.15, 0.2) is 59.7 Å². The van der Waals surface area contributed by atoms with Crippen molar-refractivity contribution in [3.8, 4) is 5.75 Å². The van der Waals surface area contributed by atoms with E-state index in [1.54, 1.807) is 30.5 Å². The zero-order chi connectivity index (χ0) is 23.9. The molecular weight excluding hydrogens is 451 g/mol. The average molecular weight is 469 g/mol. The molecule has 174 valence electrons. The molecule has 34 heavy (non-hydrogen) atoms. The van der Waals surface area contributed by atoms with E-state index < -0.39 is 17.6 Å². The van der Waals surface area contributed by atoms with Crippen LogP contribution in [0.5, 0.6) is 5.75 Å². The van der Waals surface area contributed by atoms with Gasteiger partial charge < -0.3 is 19.4 Å². The molecule has 0 radical (unpaired) electrons. The molecule has 5 rings (SSSR count). The number of furan rings is 1. The molecule has 0 spiro atoms. The highest BCUT2D eigenvalue weighted by Gasteiger charge is 2.33. The zero-order valence-corrected chi connectivity index (χ0v) is 17.8. The molecule has 8 nitrogen and oxygen atoms in total. The molecule has 1 saturated heterocycles. The minimum Gasteiger partial charge on any atom is -0.486 e. The van der Waals surface area contributed by atoms with Gasteiger partial charge in [0.15, 0.2) is 11.4 Å². The van der Waals surface area contributed by atoms with E-state index in [4.69, 9.17) is 9.15 Å². The Kier molecular flexibility index (Phi) is 5.31. The fraction of sp³-hybridized carbons (Fsp3) is 0.217. The van der Waals surface area contributed by atoms with Gasteiger partial charge in [-0.1, -0.05) is 6.07 Å². The van der Waals surface area contributed by atoms with Gasteiger partial charge in [0.25, 0.3) is 5.91 Å². The number of nitrogens with zero attached hydrogens (tertiary/aromatic N) is 4. The third-order valence-corrected chi connectivity index (χ3v) is 5.44. The average Bonchev–Trinajstić information content (AvgIpc) is 3.26. The van der Waals surface area contributed by atoms with Gasteiger partial charge in [0, 0.05) is 17.8 Å². The first-order chi connectivity index (χ1) is 16.3. The van der Waals surface area contributed by atoms with Crippen LogP contribution in [0.1, 0.15) is 21.5 Å². The Balaban J connectivity index is 1.26. The van der Waals surface area contributed by atoms with Crippen molar-refractivity contribution in [1.29, 1.82) is 0 Å². The van der Waals surface area contributed by atoms with E-state index in [0.717, 1.165) is 23.3 Å². The number of aryl methyl sites for hydroxylation is 1. The fourth-order valence-corrected chi connectivity index (χ4v) is 3.60. The van der Waals surface area contributed by atoms with Crippen molar-refractivity contribution in [2.45, 2.75) is 19.2 Å². The number of hydrogen-bond acceptors (Lipinski definition) is 7. The number of carbonyl (C=O) groups is 1. The summed E-state index contributed by atoms with van der Waals surface area (Å²) in [5.41, 5.74) is 1.42. The molecule has 0 atom stereocenters. The molecule has 1 amide bonds. The number of pyridine rings is 1. The Morgan fingerprint density at radius 3 is 2.79 bits per heavy atom. The topological polar surface area (TPSA) is 93.4 Å². The number of aromatic nitrogens is 3. The van der Waals surface area contributed by atoms with Crippen LogP contribution in [0.25, 0.3) is 11.1 Å². The lowest BCUT2D eigenvalue weighted by atomic mass is 10.1. The maximum absolute atomic E-state index is 12.9. The molecule has 1 fully saturated rings. The van der Waals surface area contributed by atoms with E-state index in [9.17, 15) is 18.0 Å². The van der Waals surface area contributed by atoms with Crippen molar-refractivity contribution in [2.24, 2.45) is 0 Å². The summed E-state index contributed by atoms with van der Waals surface area (Å²) in [6.07, 6.45) is 0.214. The van der Waals surface area contributed by atoms with Crippen molar-refractivity contribution >= 4 is 28.5 Å². The van der Waals surface area contributed by atoms with E-state index in [1.807, 2.05) is 11.8 Å². The fourth-order valence-electron chi connectivity index (χ4n) is 3.60. The maximum Gasteiger partial charge on any atom is 0.417 e. The first-order valence-electron chi connectivity index (χ1n) is 10.3. The second kappa shape index (κ2) is 8.32. The van der Waals surface area contributed by atoms with Gasteiger partial charge in [0.05, 0.1) is 36.8 Å². The normalized spacial score (nSPS) is 14.2. The highest BCUT2D eigenvalue weighted by atomic mass is 19.4. The summed E-state index contributed by atoms with van der Waals surface area (Å²) in [5.74, 6) is 0.641. The summed E-state index contributed by atoms with van der Waals surface area (Å²) in [6.45, 7) is 2.98. The van der Waals surface area contributed by atoms with Gasteiger partial charge in [-0.2, -0.15) is 13.2 Å². The summed E-state index contributed by atoms with van der Waals surface area (Å²) < 4.78 is 50.2. The van der Waals surface area contributed by atoms with Gasteiger partial charge in [-0.15, -0.1) is 0 Å². The van der Waals surface area contributed by atoms with Gasteiger partial charge in [-0.05, 0) is 30.7 Å². The number of ether oxygens (including phenoxy) is 1. The molecular formula is C23H18F3N5O3. The number of amides is 1. The minimum atomic E-state index is -4.55. The van der Waals surface area contributed by atoms with Gasteiger partial charge in [0.1, 0.15) is 23.7 Å². The standard InChI is InChI=1S/C23H18F3N5O3/c1-13-2-3-14(22(32)30-16-7-15(8-27-9-16)23(24,25)26)6-19(13)34-17-10-31(11-17)21-20-18(4-5-33-20)28-12-29-21/h2-9,12,17H,10-11H2,1H3,(H,30,32). The zero-order valence-electron chi connectivity index (χ0n) is 17.8. The summed E-state index contributed by atoms with van der Waals surface area (Å²) in [4.78, 5) is 26.6. The number of alkyl halides is 3. The quantitative estimate of drug-likeness (QED) is 0.461. The van der Waals surface area contributed by atoms with Crippen molar-refractivity contribution in [2.75, 3.05) is 23.3 Å². The van der Waals surface area contributed by atoms with Crippen LogP contribution in [-0.2, 0) is 6.18 Å². The Morgan fingerprint density at radius 1 is 1.18 bits per heavy atom. The lowest BCUT2D eigenvalue weighted by molar-refractivity contribution is -0.137. The SMILES string of the molecule is Cc1ccc(C(=O)Nc2cncc(C(F)(F)F)c2)cc1OC1CN(c2ncnc3ccoc23)C1. The first kappa shape index (κ1) is 21.7. The molecule has 1 N–H and O–H groups in total. The smallest absolute Gasteiger partial charge is 0.417 e. The van der Waals surface area contributed by atoms with Gasteiger partial charge >= 0.3 is 6.18 Å². The molecule has 1 aliphatic heterocycles. The van der Waals surface area contributed by atoms with Crippen molar-refractivity contribution in [3.63, 3.8) is 0 Å². The second-order valence-electron chi connectivity index (χ2n) is 7.87. The first-order valence-corrected chi connectivity index (χ1v) is 10.3. The van der Waals surface area contributed by atoms with E-state index in [0.29, 0.717) is 36.4 Å². The lowest BCUT2D eigenvalue weighted by Gasteiger charge is -2.39. The Hall–Kier alpha value is -4.15. The van der Waals surface area contributed by atoms with E-state index in [1.165, 1.54) is 6.33 Å². The highest BCUT2D eigenvalue weighted by molar-refractivity contribution is 6.04. The molecule has 0 unspecified atom stereocenters. The largest absolute Gasteiger partial charge is 0.486 e. The van der Waals surface area contributed by atoms with Crippen LogP contribution in [0.3, 0.4) is 0 Å². The van der Waals surface area contributed by atoms with E-state index >= 15 is 0 Å². The molecule has 1 aliphatic rings. The molecule has 0 bridgehead atoms. The number of anilines is 2. The van der Waals surface area contributed by atoms with Crippen molar-refractivity contribution in [1.82, 2.24) is 15.0 Å². The summed E-state index contributed by atoms with van der Waals surface area (Å²) in [5, 5.41) is 2.45. The number of carbonyl (C=O) groups excluding carboxylic acids is 1. The molecule has 1 aromatic carbocycles. The second-order valence-corrected chi connectivity index (χ2v) is 7.87. The molecule has 0 saturated carbocycles. The van der Waals surface area contributed by atoms with Gasteiger partial charge in [0.2, 0.25) is 0 Å². The van der Waals surface area contributed by atoms with Gasteiger partial charge in [-0.25, -0.2) is 9.97 Å². The predicted octanol–water partition coefficient (Wildman–Crippen LogP) is 4.46. The lowest BCUT2D eigenvalue weighted by Crippen LogP contribution is -2.54. The van der Waals surface area contributed by atoms with Crippen LogP contribution in [-0.4, -0.2) is 40.1 Å². The molecule has 4 aromatic rings. The number of fused-ring (bicyclic) bond motifs is 1. The van der Waals surface area contributed by atoms with Crippen LogP contribution in [0.2, 0.25) is 0 Å². The predicted molar refractivity (Wildman–Crippen MR) is 117 cm³/mol. The molecule has 3 aromatic heterocycles. The number of hydrogen-bond donors (Lipinski definition) is 1. The van der Waals surface area contributed by atoms with Crippen LogP contribution in [0.4, 0.5) is 24.7 Å². The highest BCUT2D eigenvalue weighted by Crippen LogP contribution is 2.31. The molecule has 0 aliphatic carbocycles. The summed E-state index contributed by atoms with van der Waals surface area (Å²) in [7, 11) is 0. The molecule has 11 heteroatoms. The van der Waals surface area contributed by atoms with E-state index in [-0.39, 0.29) is 17.4 Å². The van der Waals surface area contributed by atoms with Gasteiger partial charge in [-0.3, -0.25) is 9.78 Å². The Bertz CT molecular complexity index is 1370. The Labute approximate surface area is 191 Å². The maximum atomic E-state index is 12.9. The van der Waals surface area contributed by atoms with E-state index in [2.05, 4.69) is 20.3 Å². The Morgan fingerprint density at radius 2 is 2.00 bits per heavy atom. The summed E-state index contributed by atoms with van der Waals surface area (Å²) >= 11 is 0. The third-order valence-electron chi connectivity index (χ3n) is 5.44. The van der Waals surface area contributed by atoms with Crippen molar-refractivity contribution in [3.05, 3.63) is 72.0 Å². The van der Waals surface area contributed by atoms with Crippen LogP contribution in [0, 0.1) is 6.92 Å². The number of rotatable bonds is 5. The number of halogens is 3. The molecule has 4 heterocycles. The monoisotopic (exact) mass is 469 g/mol. The van der Waals surface area contributed by atoms with Crippen LogP contribution < -0.4 is 15.0 Å². The number of benzene rings is 1.